The molecule has 7 nitrogen and oxygen atoms in total. The van der Waals surface area contributed by atoms with Crippen LogP contribution in [0, 0.1) is 11.8 Å². The normalized spacial score (nSPS) is 36.3. The number of aromatic hydroxyl groups is 1. The molecule has 2 heterocycles. The van der Waals surface area contributed by atoms with Gasteiger partial charge in [-0.15, -0.1) is 0 Å². The molecule has 0 aromatic heterocycles. The quantitative estimate of drug-likeness (QED) is 0.599. The highest BCUT2D eigenvalue weighted by molar-refractivity contribution is 5.80. The van der Waals surface area contributed by atoms with Crippen molar-refractivity contribution >= 4 is 5.91 Å². The van der Waals surface area contributed by atoms with Crippen LogP contribution in [0.5, 0.6) is 5.75 Å². The third-order valence-electron chi connectivity index (χ3n) is 9.21. The number of likely N-dealkylation sites (tertiary alicyclic amines) is 1. The van der Waals surface area contributed by atoms with Crippen LogP contribution in [0.25, 0.3) is 0 Å². The molecule has 2 saturated carbocycles. The summed E-state index contributed by atoms with van der Waals surface area (Å²) in [7, 11) is 0. The summed E-state index contributed by atoms with van der Waals surface area (Å²) < 4.78 is 5.41. The van der Waals surface area contributed by atoms with Crippen LogP contribution in [0.2, 0.25) is 0 Å². The molecule has 3 aliphatic carbocycles. The summed E-state index contributed by atoms with van der Waals surface area (Å²) in [6.45, 7) is 6.86. The Bertz CT molecular complexity index is 915. The van der Waals surface area contributed by atoms with Crippen molar-refractivity contribution in [1.82, 2.24) is 15.1 Å². The Morgan fingerprint density at radius 3 is 2.79 bits per heavy atom. The van der Waals surface area contributed by atoms with Crippen molar-refractivity contribution < 1.29 is 19.7 Å². The third-order valence-corrected chi connectivity index (χ3v) is 9.21. The van der Waals surface area contributed by atoms with Crippen LogP contribution in [0.15, 0.2) is 18.2 Å². The smallest absolute Gasteiger partial charge is 0.223 e. The highest BCUT2D eigenvalue weighted by Gasteiger charge is 2.68. The highest BCUT2D eigenvalue weighted by Crippen LogP contribution is 2.62. The van der Waals surface area contributed by atoms with Crippen molar-refractivity contribution in [3.63, 3.8) is 0 Å². The number of ether oxygens (including phenoxy) is 1. The SMILES string of the molecule is O=C(NCCN1CCOCC1)C1CC23CCN(CC4CC4)[C@H](Cc4ccc(O)cc42)[C@]3(O)C1. The maximum Gasteiger partial charge on any atom is 0.223 e. The number of carbonyl (C=O) groups excluding carboxylic acids is 1. The predicted octanol–water partition coefficient (Wildman–Crippen LogP) is 1.26. The maximum atomic E-state index is 13.3. The summed E-state index contributed by atoms with van der Waals surface area (Å²) in [5.41, 5.74) is 0.941. The lowest BCUT2D eigenvalue weighted by Gasteiger charge is -2.59. The van der Waals surface area contributed by atoms with Crippen LogP contribution in [0.4, 0.5) is 0 Å². The first-order chi connectivity index (χ1) is 16.0. The number of morpholine rings is 1. The molecule has 180 valence electrons. The van der Waals surface area contributed by atoms with Gasteiger partial charge in [-0.05, 0) is 74.2 Å². The molecular formula is C26H37N3O4. The van der Waals surface area contributed by atoms with Gasteiger partial charge in [-0.25, -0.2) is 0 Å². The summed E-state index contributed by atoms with van der Waals surface area (Å²) in [6, 6.07) is 5.72. The molecule has 2 aliphatic heterocycles. The van der Waals surface area contributed by atoms with Crippen LogP contribution in [-0.2, 0) is 21.4 Å². The topological polar surface area (TPSA) is 85.3 Å². The van der Waals surface area contributed by atoms with Crippen molar-refractivity contribution in [3.8, 4) is 5.75 Å². The van der Waals surface area contributed by atoms with E-state index >= 15 is 0 Å². The second-order valence-corrected chi connectivity index (χ2v) is 11.1. The number of benzene rings is 1. The molecule has 0 spiro atoms. The standard InChI is InChI=1S/C26H37N3O4/c30-21-4-3-19-13-23-26(32)16-20(24(31)27-6-8-28-9-11-33-12-10-28)15-25(26,22(19)14-21)5-7-29(23)17-18-1-2-18/h3-4,14,18,20,23,30,32H,1-2,5-13,15-17H2,(H,27,31)/t20?,23-,25?,26-/m1/s1. The number of rotatable bonds is 6. The molecule has 33 heavy (non-hydrogen) atoms. The Balaban J connectivity index is 1.23. The van der Waals surface area contributed by atoms with E-state index in [4.69, 9.17) is 4.74 Å². The number of aliphatic hydroxyl groups is 1. The number of phenols is 1. The molecule has 2 unspecified atom stereocenters. The molecule has 4 fully saturated rings. The van der Waals surface area contributed by atoms with E-state index < -0.39 is 11.0 Å². The molecule has 1 amide bonds. The lowest BCUT2D eigenvalue weighted by molar-refractivity contribution is -0.134. The summed E-state index contributed by atoms with van der Waals surface area (Å²) in [5.74, 6) is 0.892. The van der Waals surface area contributed by atoms with Gasteiger partial charge in [0.15, 0.2) is 0 Å². The Morgan fingerprint density at radius 1 is 1.18 bits per heavy atom. The van der Waals surface area contributed by atoms with Crippen LogP contribution in [-0.4, -0.2) is 90.0 Å². The number of carbonyl (C=O) groups is 1. The molecule has 4 atom stereocenters. The zero-order valence-electron chi connectivity index (χ0n) is 19.5. The van der Waals surface area contributed by atoms with Crippen molar-refractivity contribution in [3.05, 3.63) is 29.3 Å². The summed E-state index contributed by atoms with van der Waals surface area (Å²) in [4.78, 5) is 18.1. The van der Waals surface area contributed by atoms with E-state index in [0.717, 1.165) is 70.3 Å². The van der Waals surface area contributed by atoms with Crippen molar-refractivity contribution in [1.29, 1.82) is 0 Å². The fraction of sp³-hybridized carbons (Fsp3) is 0.731. The molecule has 3 N–H and O–H groups in total. The number of amides is 1. The monoisotopic (exact) mass is 455 g/mol. The summed E-state index contributed by atoms with van der Waals surface area (Å²) in [5, 5.41) is 25.8. The van der Waals surface area contributed by atoms with Crippen LogP contribution >= 0.6 is 0 Å². The molecule has 2 bridgehead atoms. The molecule has 0 radical (unpaired) electrons. The van der Waals surface area contributed by atoms with Gasteiger partial charge in [-0.3, -0.25) is 14.6 Å². The number of hydrogen-bond acceptors (Lipinski definition) is 6. The average Bonchev–Trinajstić information content (AvgIpc) is 3.56. The molecule has 1 aromatic carbocycles. The molecule has 2 saturated heterocycles. The minimum absolute atomic E-state index is 0.0510. The first-order valence-corrected chi connectivity index (χ1v) is 12.9. The number of phenolic OH excluding ortho intramolecular Hbond substituents is 1. The van der Waals surface area contributed by atoms with Crippen molar-refractivity contribution in [2.24, 2.45) is 11.8 Å². The van der Waals surface area contributed by atoms with Gasteiger partial charge in [0, 0.05) is 50.1 Å². The summed E-state index contributed by atoms with van der Waals surface area (Å²) in [6.07, 6.45) is 5.41. The highest BCUT2D eigenvalue weighted by atomic mass is 16.5. The molecule has 1 aromatic rings. The first-order valence-electron chi connectivity index (χ1n) is 12.9. The minimum atomic E-state index is -0.923. The van der Waals surface area contributed by atoms with Gasteiger partial charge in [-0.2, -0.15) is 0 Å². The average molecular weight is 456 g/mol. The summed E-state index contributed by atoms with van der Waals surface area (Å²) >= 11 is 0. The zero-order chi connectivity index (χ0) is 22.6. The van der Waals surface area contributed by atoms with Gasteiger partial charge in [0.25, 0.3) is 0 Å². The van der Waals surface area contributed by atoms with E-state index in [1.807, 2.05) is 12.1 Å². The van der Waals surface area contributed by atoms with E-state index in [2.05, 4.69) is 15.1 Å². The second-order valence-electron chi connectivity index (χ2n) is 11.1. The van der Waals surface area contributed by atoms with Crippen molar-refractivity contribution in [2.75, 3.05) is 52.5 Å². The minimum Gasteiger partial charge on any atom is -0.508 e. The first kappa shape index (κ1) is 21.8. The third kappa shape index (κ3) is 3.68. The van der Waals surface area contributed by atoms with Gasteiger partial charge in [-0.1, -0.05) is 6.07 Å². The molecule has 7 heteroatoms. The van der Waals surface area contributed by atoms with Crippen LogP contribution in [0.1, 0.15) is 43.2 Å². The lowest BCUT2D eigenvalue weighted by atomic mass is 9.56. The van der Waals surface area contributed by atoms with Crippen LogP contribution in [0.3, 0.4) is 0 Å². The Kier molecular flexibility index (Phi) is 5.44. The van der Waals surface area contributed by atoms with Gasteiger partial charge in [0.05, 0.1) is 18.8 Å². The van der Waals surface area contributed by atoms with E-state index in [1.165, 1.54) is 18.4 Å². The van der Waals surface area contributed by atoms with E-state index in [1.54, 1.807) is 6.07 Å². The van der Waals surface area contributed by atoms with Gasteiger partial charge < -0.3 is 20.3 Å². The molecule has 6 rings (SSSR count). The number of hydrogen-bond donors (Lipinski definition) is 3. The predicted molar refractivity (Wildman–Crippen MR) is 124 cm³/mol. The van der Waals surface area contributed by atoms with Gasteiger partial charge in [0.1, 0.15) is 5.75 Å². The lowest BCUT2D eigenvalue weighted by Crippen LogP contribution is -2.69. The number of nitrogens with one attached hydrogen (secondary N) is 1. The largest absolute Gasteiger partial charge is 0.508 e. The van der Waals surface area contributed by atoms with E-state index in [9.17, 15) is 15.0 Å². The Labute approximate surface area is 196 Å². The number of fused-ring (bicyclic) bond motifs is 1. The van der Waals surface area contributed by atoms with Crippen LogP contribution < -0.4 is 5.32 Å². The number of nitrogens with zero attached hydrogens (tertiary/aromatic N) is 2. The van der Waals surface area contributed by atoms with E-state index in [0.29, 0.717) is 19.4 Å². The van der Waals surface area contributed by atoms with E-state index in [-0.39, 0.29) is 23.6 Å². The number of piperidine rings is 1. The fourth-order valence-corrected chi connectivity index (χ4v) is 7.32. The maximum absolute atomic E-state index is 13.3. The molecule has 5 aliphatic rings. The molecular weight excluding hydrogens is 418 g/mol. The zero-order valence-corrected chi connectivity index (χ0v) is 19.5. The van der Waals surface area contributed by atoms with Crippen molar-refractivity contribution in [2.45, 2.75) is 55.6 Å². The Hall–Kier alpha value is -1.67. The van der Waals surface area contributed by atoms with Gasteiger partial charge >= 0.3 is 0 Å². The van der Waals surface area contributed by atoms with Gasteiger partial charge in [0.2, 0.25) is 5.91 Å². The second kappa shape index (κ2) is 8.22. The fourth-order valence-electron chi connectivity index (χ4n) is 7.32. The Morgan fingerprint density at radius 2 is 2.00 bits per heavy atom.